The van der Waals surface area contributed by atoms with Crippen LogP contribution in [0.4, 0.5) is 0 Å². The Morgan fingerprint density at radius 3 is 2.10 bits per heavy atom. The van der Waals surface area contributed by atoms with E-state index in [1.54, 1.807) is 0 Å². The summed E-state index contributed by atoms with van der Waals surface area (Å²) in [7, 11) is 0. The predicted octanol–water partition coefficient (Wildman–Crippen LogP) is 5.50. The fourth-order valence-electron chi connectivity index (χ4n) is 5.19. The molecule has 2 rings (SSSR count). The summed E-state index contributed by atoms with van der Waals surface area (Å²) in [5.41, 5.74) is 0.734. The van der Waals surface area contributed by atoms with Crippen LogP contribution in [-0.2, 0) is 9.47 Å². The third-order valence-corrected chi connectivity index (χ3v) is 7.32. The van der Waals surface area contributed by atoms with Gasteiger partial charge in [-0.3, -0.25) is 9.80 Å². The summed E-state index contributed by atoms with van der Waals surface area (Å²) in [5.74, 6) is 0. The van der Waals surface area contributed by atoms with Crippen molar-refractivity contribution >= 4 is 0 Å². The van der Waals surface area contributed by atoms with Crippen LogP contribution in [0.2, 0.25) is 0 Å². The summed E-state index contributed by atoms with van der Waals surface area (Å²) in [5, 5.41) is 0. The van der Waals surface area contributed by atoms with E-state index in [1.165, 1.54) is 71.1 Å². The SMILES string of the molecule is CC(C)OCCCN1CCCCC1(C)CCC(C)OCCCN1CCCC1(C)C. The van der Waals surface area contributed by atoms with Gasteiger partial charge in [-0.15, -0.1) is 0 Å². The first-order valence-electron chi connectivity index (χ1n) is 12.5. The quantitative estimate of drug-likeness (QED) is 0.375. The van der Waals surface area contributed by atoms with Crippen molar-refractivity contribution in [2.75, 3.05) is 39.4 Å². The summed E-state index contributed by atoms with van der Waals surface area (Å²) in [6, 6.07) is 0. The van der Waals surface area contributed by atoms with Gasteiger partial charge in [-0.1, -0.05) is 6.42 Å². The van der Waals surface area contributed by atoms with Gasteiger partial charge >= 0.3 is 0 Å². The second-order valence-electron chi connectivity index (χ2n) is 10.7. The topological polar surface area (TPSA) is 24.9 Å². The Hall–Kier alpha value is -0.160. The fraction of sp³-hybridized carbons (Fsp3) is 1.00. The zero-order valence-electron chi connectivity index (χ0n) is 20.5. The summed E-state index contributed by atoms with van der Waals surface area (Å²) in [6.07, 6.45) is 12.2. The lowest BCUT2D eigenvalue weighted by Crippen LogP contribution is -2.50. The molecule has 0 saturated carbocycles. The average molecular weight is 411 g/mol. The van der Waals surface area contributed by atoms with E-state index in [0.29, 0.717) is 23.3 Å². The molecular weight excluding hydrogens is 360 g/mol. The molecule has 2 atom stereocenters. The molecule has 0 spiro atoms. The van der Waals surface area contributed by atoms with E-state index in [2.05, 4.69) is 51.3 Å². The van der Waals surface area contributed by atoms with Crippen molar-refractivity contribution in [3.05, 3.63) is 0 Å². The van der Waals surface area contributed by atoms with Crippen LogP contribution in [0.1, 0.15) is 99.3 Å². The van der Waals surface area contributed by atoms with Gasteiger partial charge in [0.05, 0.1) is 12.2 Å². The smallest absolute Gasteiger partial charge is 0.0547 e. The molecule has 0 aromatic rings. The van der Waals surface area contributed by atoms with Gasteiger partial charge in [0.2, 0.25) is 0 Å². The minimum Gasteiger partial charge on any atom is -0.379 e. The maximum absolute atomic E-state index is 6.20. The van der Waals surface area contributed by atoms with Gasteiger partial charge in [0, 0.05) is 37.4 Å². The Labute approximate surface area is 181 Å². The van der Waals surface area contributed by atoms with Crippen LogP contribution < -0.4 is 0 Å². The number of nitrogens with zero attached hydrogens (tertiary/aromatic N) is 2. The van der Waals surface area contributed by atoms with E-state index in [-0.39, 0.29) is 0 Å². The molecule has 0 radical (unpaired) electrons. The van der Waals surface area contributed by atoms with E-state index in [1.807, 2.05) is 0 Å². The van der Waals surface area contributed by atoms with Crippen molar-refractivity contribution in [3.63, 3.8) is 0 Å². The molecular formula is C25H50N2O2. The zero-order chi connectivity index (χ0) is 21.3. The molecule has 2 heterocycles. The number of rotatable bonds is 13. The molecule has 172 valence electrons. The maximum Gasteiger partial charge on any atom is 0.0547 e. The van der Waals surface area contributed by atoms with Gasteiger partial charge in [-0.2, -0.15) is 0 Å². The van der Waals surface area contributed by atoms with Crippen molar-refractivity contribution in [1.82, 2.24) is 9.80 Å². The van der Waals surface area contributed by atoms with E-state index in [4.69, 9.17) is 9.47 Å². The Kier molecular flexibility index (Phi) is 10.4. The normalized spacial score (nSPS) is 27.0. The standard InChI is InChI=1S/C25H50N2O2/c1-22(2)28-20-11-19-27-16-8-7-14-25(27,6)15-12-23(3)29-21-10-18-26-17-9-13-24(26,4)5/h22-23H,7-21H2,1-6H3. The molecule has 2 aliphatic rings. The number of piperidine rings is 1. The molecule has 2 fully saturated rings. The second-order valence-corrected chi connectivity index (χ2v) is 10.7. The fourth-order valence-corrected chi connectivity index (χ4v) is 5.19. The highest BCUT2D eigenvalue weighted by Gasteiger charge is 2.34. The molecule has 0 amide bonds. The predicted molar refractivity (Wildman–Crippen MR) is 124 cm³/mol. The highest BCUT2D eigenvalue weighted by molar-refractivity contribution is 4.90. The average Bonchev–Trinajstić information content (AvgIpc) is 3.00. The summed E-state index contributed by atoms with van der Waals surface area (Å²) in [6.45, 7) is 20.4. The Bertz CT molecular complexity index is 454. The lowest BCUT2D eigenvalue weighted by atomic mass is 9.83. The van der Waals surface area contributed by atoms with Gasteiger partial charge in [-0.25, -0.2) is 0 Å². The van der Waals surface area contributed by atoms with Crippen molar-refractivity contribution in [3.8, 4) is 0 Å². The second kappa shape index (κ2) is 12.0. The van der Waals surface area contributed by atoms with E-state index in [0.717, 1.165) is 26.1 Å². The van der Waals surface area contributed by atoms with Crippen LogP contribution in [-0.4, -0.2) is 72.5 Å². The van der Waals surface area contributed by atoms with E-state index < -0.39 is 0 Å². The van der Waals surface area contributed by atoms with Gasteiger partial charge in [0.15, 0.2) is 0 Å². The highest BCUT2D eigenvalue weighted by Crippen LogP contribution is 2.33. The van der Waals surface area contributed by atoms with E-state index >= 15 is 0 Å². The third-order valence-electron chi connectivity index (χ3n) is 7.32. The van der Waals surface area contributed by atoms with Crippen LogP contribution >= 0.6 is 0 Å². The summed E-state index contributed by atoms with van der Waals surface area (Å²) < 4.78 is 12.0. The van der Waals surface area contributed by atoms with Crippen molar-refractivity contribution in [2.45, 2.75) is 123 Å². The molecule has 2 saturated heterocycles. The molecule has 0 aromatic carbocycles. The molecule has 0 aliphatic carbocycles. The molecule has 29 heavy (non-hydrogen) atoms. The first-order valence-corrected chi connectivity index (χ1v) is 12.5. The van der Waals surface area contributed by atoms with Crippen LogP contribution in [0.15, 0.2) is 0 Å². The third kappa shape index (κ3) is 8.47. The summed E-state index contributed by atoms with van der Waals surface area (Å²) >= 11 is 0. The maximum atomic E-state index is 6.20. The molecule has 0 bridgehead atoms. The highest BCUT2D eigenvalue weighted by atomic mass is 16.5. The van der Waals surface area contributed by atoms with Crippen molar-refractivity contribution < 1.29 is 9.47 Å². The first kappa shape index (κ1) is 25.1. The minimum atomic E-state index is 0.341. The lowest BCUT2D eigenvalue weighted by Gasteiger charge is -2.46. The summed E-state index contributed by atoms with van der Waals surface area (Å²) in [4.78, 5) is 5.38. The van der Waals surface area contributed by atoms with Crippen LogP contribution in [0.25, 0.3) is 0 Å². The molecule has 4 heteroatoms. The van der Waals surface area contributed by atoms with E-state index in [9.17, 15) is 0 Å². The number of ether oxygens (including phenoxy) is 2. The van der Waals surface area contributed by atoms with Crippen LogP contribution in [0.5, 0.6) is 0 Å². The molecule has 2 aliphatic heterocycles. The molecule has 2 unspecified atom stereocenters. The minimum absolute atomic E-state index is 0.341. The Balaban J connectivity index is 1.64. The molecule has 4 nitrogen and oxygen atoms in total. The van der Waals surface area contributed by atoms with Gasteiger partial charge in [0.1, 0.15) is 0 Å². The monoisotopic (exact) mass is 410 g/mol. The zero-order valence-corrected chi connectivity index (χ0v) is 20.5. The molecule has 0 aromatic heterocycles. The van der Waals surface area contributed by atoms with Gasteiger partial charge in [-0.05, 0) is 106 Å². The Morgan fingerprint density at radius 1 is 0.793 bits per heavy atom. The molecule has 0 N–H and O–H groups in total. The lowest BCUT2D eigenvalue weighted by molar-refractivity contribution is 0.00698. The first-order chi connectivity index (χ1) is 13.7. The van der Waals surface area contributed by atoms with Crippen LogP contribution in [0.3, 0.4) is 0 Å². The van der Waals surface area contributed by atoms with Crippen molar-refractivity contribution in [1.29, 1.82) is 0 Å². The Morgan fingerprint density at radius 2 is 1.45 bits per heavy atom. The van der Waals surface area contributed by atoms with Crippen LogP contribution in [0, 0.1) is 0 Å². The van der Waals surface area contributed by atoms with Gasteiger partial charge < -0.3 is 9.47 Å². The van der Waals surface area contributed by atoms with Gasteiger partial charge in [0.25, 0.3) is 0 Å². The number of hydrogen-bond donors (Lipinski definition) is 0. The van der Waals surface area contributed by atoms with Crippen molar-refractivity contribution in [2.24, 2.45) is 0 Å². The number of hydrogen-bond acceptors (Lipinski definition) is 4. The largest absolute Gasteiger partial charge is 0.379 e. The number of likely N-dealkylation sites (tertiary alicyclic amines) is 2.